The van der Waals surface area contributed by atoms with Crippen LogP contribution < -0.4 is 25.6 Å². The van der Waals surface area contributed by atoms with Crippen LogP contribution in [0.2, 0.25) is 0 Å². The summed E-state index contributed by atoms with van der Waals surface area (Å²) in [6.07, 6.45) is 2.13. The lowest BCUT2D eigenvalue weighted by atomic mass is 10.0. The van der Waals surface area contributed by atoms with Crippen LogP contribution >= 0.6 is 24.0 Å². The number of anilines is 1. The number of amides is 3. The van der Waals surface area contributed by atoms with Gasteiger partial charge in [-0.25, -0.2) is 4.79 Å². The highest BCUT2D eigenvalue weighted by atomic mass is 127. The van der Waals surface area contributed by atoms with Gasteiger partial charge in [0.1, 0.15) is 5.75 Å². The van der Waals surface area contributed by atoms with Gasteiger partial charge in [-0.2, -0.15) is 0 Å². The van der Waals surface area contributed by atoms with E-state index in [4.69, 9.17) is 4.74 Å². The van der Waals surface area contributed by atoms with Crippen molar-refractivity contribution in [3.05, 3.63) is 24.3 Å². The van der Waals surface area contributed by atoms with Gasteiger partial charge in [-0.05, 0) is 25.0 Å². The van der Waals surface area contributed by atoms with E-state index in [-0.39, 0.29) is 48.5 Å². The first-order valence-electron chi connectivity index (χ1n) is 9.55. The molecule has 0 aromatic heterocycles. The van der Waals surface area contributed by atoms with Gasteiger partial charge in [0.2, 0.25) is 5.91 Å². The summed E-state index contributed by atoms with van der Waals surface area (Å²) in [5.74, 6) is 1.33. The van der Waals surface area contributed by atoms with Gasteiger partial charge >= 0.3 is 6.03 Å². The number of ether oxygens (including phenoxy) is 1. The molecule has 160 valence electrons. The van der Waals surface area contributed by atoms with Gasteiger partial charge < -0.3 is 25.6 Å². The zero-order chi connectivity index (χ0) is 19.9. The number of benzene rings is 1. The Balaban J connectivity index is 0.00000300. The van der Waals surface area contributed by atoms with E-state index >= 15 is 0 Å². The summed E-state index contributed by atoms with van der Waals surface area (Å²) in [4.78, 5) is 31.0. The Kier molecular flexibility index (Phi) is 8.80. The number of urea groups is 1. The largest absolute Gasteiger partial charge is 0.497 e. The summed E-state index contributed by atoms with van der Waals surface area (Å²) in [5.41, 5.74) is 1.15. The summed E-state index contributed by atoms with van der Waals surface area (Å²) < 4.78 is 5.33. The molecule has 3 rings (SSSR count). The summed E-state index contributed by atoms with van der Waals surface area (Å²) in [6, 6.07) is 8.00. The number of carbonyl (C=O) groups excluding carboxylic acids is 2. The molecule has 1 unspecified atom stereocenters. The Morgan fingerprint density at radius 1 is 1.38 bits per heavy atom. The maximum absolute atomic E-state index is 11.6. The number of nitrogens with one attached hydrogen (secondary N) is 3. The molecule has 2 aliphatic rings. The zero-order valence-electron chi connectivity index (χ0n) is 16.8. The van der Waals surface area contributed by atoms with Crippen LogP contribution in [-0.2, 0) is 4.79 Å². The van der Waals surface area contributed by atoms with Crippen molar-refractivity contribution in [1.29, 1.82) is 0 Å². The first-order chi connectivity index (χ1) is 13.6. The van der Waals surface area contributed by atoms with Crippen molar-refractivity contribution in [3.8, 4) is 5.75 Å². The fourth-order valence-corrected chi connectivity index (χ4v) is 3.49. The van der Waals surface area contributed by atoms with Gasteiger partial charge in [0.25, 0.3) is 0 Å². The smallest absolute Gasteiger partial charge is 0.324 e. The van der Waals surface area contributed by atoms with Crippen LogP contribution in [0.3, 0.4) is 0 Å². The average molecular weight is 516 g/mol. The molecule has 3 amide bonds. The number of methoxy groups -OCH3 is 1. The van der Waals surface area contributed by atoms with Gasteiger partial charge in [-0.1, -0.05) is 6.07 Å². The minimum Gasteiger partial charge on any atom is -0.497 e. The molecular weight excluding hydrogens is 487 g/mol. The molecule has 2 fully saturated rings. The monoisotopic (exact) mass is 516 g/mol. The molecule has 2 heterocycles. The van der Waals surface area contributed by atoms with Gasteiger partial charge in [0, 0.05) is 51.0 Å². The van der Waals surface area contributed by atoms with E-state index in [0.717, 1.165) is 37.4 Å². The van der Waals surface area contributed by atoms with Crippen LogP contribution in [0, 0.1) is 0 Å². The Morgan fingerprint density at radius 3 is 2.90 bits per heavy atom. The third kappa shape index (κ3) is 6.12. The first-order valence-corrected chi connectivity index (χ1v) is 9.55. The molecule has 0 aliphatic carbocycles. The maximum Gasteiger partial charge on any atom is 0.324 e. The van der Waals surface area contributed by atoms with Crippen LogP contribution in [0.1, 0.15) is 12.8 Å². The molecule has 2 aliphatic heterocycles. The topological polar surface area (TPSA) is 98.3 Å². The molecule has 9 nitrogen and oxygen atoms in total. The minimum atomic E-state index is -0.337. The van der Waals surface area contributed by atoms with Crippen molar-refractivity contribution >= 4 is 47.6 Å². The van der Waals surface area contributed by atoms with E-state index in [9.17, 15) is 9.59 Å². The highest BCUT2D eigenvalue weighted by Gasteiger charge is 2.28. The number of halogens is 1. The van der Waals surface area contributed by atoms with Crippen molar-refractivity contribution in [2.24, 2.45) is 4.99 Å². The van der Waals surface area contributed by atoms with Gasteiger partial charge in [-0.3, -0.25) is 14.7 Å². The van der Waals surface area contributed by atoms with Crippen molar-refractivity contribution in [2.45, 2.75) is 18.9 Å². The number of nitrogens with zero attached hydrogens (tertiary/aromatic N) is 3. The van der Waals surface area contributed by atoms with E-state index in [0.29, 0.717) is 19.0 Å². The van der Waals surface area contributed by atoms with Crippen molar-refractivity contribution in [3.63, 3.8) is 0 Å². The molecule has 2 saturated heterocycles. The predicted octanol–water partition coefficient (Wildman–Crippen LogP) is 0.999. The lowest BCUT2D eigenvalue weighted by molar-refractivity contribution is -0.124. The van der Waals surface area contributed by atoms with Crippen LogP contribution in [-0.4, -0.2) is 75.7 Å². The molecule has 1 aromatic rings. The molecule has 29 heavy (non-hydrogen) atoms. The molecule has 0 spiro atoms. The van der Waals surface area contributed by atoms with E-state index < -0.39 is 0 Å². The number of piperidine rings is 1. The number of imide groups is 1. The van der Waals surface area contributed by atoms with Crippen LogP contribution in [0.4, 0.5) is 10.5 Å². The Bertz CT molecular complexity index is 728. The number of guanidine groups is 1. The fraction of sp³-hybridized carbons (Fsp3) is 0.526. The van der Waals surface area contributed by atoms with Crippen molar-refractivity contribution in [1.82, 2.24) is 20.9 Å². The fourth-order valence-electron chi connectivity index (χ4n) is 3.49. The highest BCUT2D eigenvalue weighted by Crippen LogP contribution is 2.24. The van der Waals surface area contributed by atoms with E-state index in [1.54, 1.807) is 14.2 Å². The van der Waals surface area contributed by atoms with Gasteiger partial charge in [0.15, 0.2) is 5.96 Å². The average Bonchev–Trinajstić information content (AvgIpc) is 3.05. The summed E-state index contributed by atoms with van der Waals surface area (Å²) >= 11 is 0. The molecule has 1 aromatic carbocycles. The molecule has 0 saturated carbocycles. The second-order valence-electron chi connectivity index (χ2n) is 6.83. The molecule has 1 atom stereocenters. The summed E-state index contributed by atoms with van der Waals surface area (Å²) in [7, 11) is 3.39. The quantitative estimate of drug-likeness (QED) is 0.226. The van der Waals surface area contributed by atoms with E-state index in [2.05, 4.69) is 31.9 Å². The predicted molar refractivity (Wildman–Crippen MR) is 123 cm³/mol. The number of rotatable bonds is 6. The minimum absolute atomic E-state index is 0. The SMILES string of the molecule is CN=C(NCCN1C(=O)CNC1=O)NC1CCCN(c2cccc(OC)c2)C1.I. The van der Waals surface area contributed by atoms with Gasteiger partial charge in [0.05, 0.1) is 13.7 Å². The standard InChI is InChI=1S/C19H28N6O3.HI/c1-20-18(21-8-10-25-17(26)12-22-19(25)27)23-14-5-4-9-24(13-14)15-6-3-7-16(11-15)28-2;/h3,6-7,11,14H,4-5,8-10,12-13H2,1-2H3,(H,22,27)(H2,20,21,23);1H. The lowest BCUT2D eigenvalue weighted by Gasteiger charge is -2.35. The lowest BCUT2D eigenvalue weighted by Crippen LogP contribution is -2.52. The number of hydrogen-bond donors (Lipinski definition) is 3. The Hall–Kier alpha value is -2.24. The maximum atomic E-state index is 11.6. The second-order valence-corrected chi connectivity index (χ2v) is 6.83. The van der Waals surface area contributed by atoms with Crippen LogP contribution in [0.15, 0.2) is 29.3 Å². The first kappa shape index (κ1) is 23.0. The number of hydrogen-bond acceptors (Lipinski definition) is 5. The molecule has 3 N–H and O–H groups in total. The third-order valence-electron chi connectivity index (χ3n) is 4.97. The third-order valence-corrected chi connectivity index (χ3v) is 4.97. The van der Waals surface area contributed by atoms with Crippen molar-refractivity contribution < 1.29 is 14.3 Å². The molecule has 0 radical (unpaired) electrons. The zero-order valence-corrected chi connectivity index (χ0v) is 19.1. The molecule has 10 heteroatoms. The van der Waals surface area contributed by atoms with Crippen LogP contribution in [0.25, 0.3) is 0 Å². The second kappa shape index (κ2) is 11.1. The molecular formula is C19H29IN6O3. The Labute approximate surface area is 188 Å². The normalized spacial score (nSPS) is 19.5. The Morgan fingerprint density at radius 2 is 2.21 bits per heavy atom. The summed E-state index contributed by atoms with van der Waals surface area (Å²) in [5, 5.41) is 9.14. The number of carbonyl (C=O) groups is 2. The van der Waals surface area contributed by atoms with Crippen molar-refractivity contribution in [2.75, 3.05) is 51.8 Å². The van der Waals surface area contributed by atoms with E-state index in [1.807, 2.05) is 18.2 Å². The van der Waals surface area contributed by atoms with Gasteiger partial charge in [-0.15, -0.1) is 24.0 Å². The summed E-state index contributed by atoms with van der Waals surface area (Å²) in [6.45, 7) is 2.70. The number of aliphatic imine (C=N–C) groups is 1. The highest BCUT2D eigenvalue weighted by molar-refractivity contribution is 14.0. The van der Waals surface area contributed by atoms with Crippen LogP contribution in [0.5, 0.6) is 5.75 Å². The molecule has 0 bridgehead atoms. The van der Waals surface area contributed by atoms with E-state index in [1.165, 1.54) is 4.90 Å².